The first-order chi connectivity index (χ1) is 12.8. The van der Waals surface area contributed by atoms with Crippen LogP contribution in [0.4, 0.5) is 5.82 Å². The molecule has 0 spiro atoms. The third kappa shape index (κ3) is 3.46. The average molecular weight is 343 g/mol. The van der Waals surface area contributed by atoms with Gasteiger partial charge in [-0.15, -0.1) is 0 Å². The van der Waals surface area contributed by atoms with E-state index in [1.807, 2.05) is 30.3 Å². The number of furan rings is 1. The molecule has 26 heavy (non-hydrogen) atoms. The number of fused-ring (bicyclic) bond motifs is 1. The van der Waals surface area contributed by atoms with Gasteiger partial charge >= 0.3 is 0 Å². The van der Waals surface area contributed by atoms with Gasteiger partial charge in [0.15, 0.2) is 0 Å². The van der Waals surface area contributed by atoms with E-state index in [1.165, 1.54) is 16.3 Å². The number of rotatable bonds is 6. The number of nitrogens with zero attached hydrogens (tertiary/aromatic N) is 1. The summed E-state index contributed by atoms with van der Waals surface area (Å²) in [4.78, 5) is 4.48. The fourth-order valence-electron chi connectivity index (χ4n) is 3.25. The van der Waals surface area contributed by atoms with Gasteiger partial charge in [0.25, 0.3) is 0 Å². The van der Waals surface area contributed by atoms with Crippen LogP contribution < -0.4 is 11.1 Å². The summed E-state index contributed by atoms with van der Waals surface area (Å²) in [6, 6.07) is 22.5. The molecular weight excluding hydrogens is 322 g/mol. The maximum Gasteiger partial charge on any atom is 0.124 e. The molecule has 4 heteroatoms. The Hall–Kier alpha value is -3.11. The number of anilines is 1. The third-order valence-electron chi connectivity index (χ3n) is 4.51. The van der Waals surface area contributed by atoms with Crippen molar-refractivity contribution >= 4 is 16.6 Å². The quantitative estimate of drug-likeness (QED) is 0.509. The molecule has 0 radical (unpaired) electrons. The van der Waals surface area contributed by atoms with Gasteiger partial charge in [0.2, 0.25) is 0 Å². The molecule has 0 aliphatic rings. The second-order valence-corrected chi connectivity index (χ2v) is 6.27. The average Bonchev–Trinajstić information content (AvgIpc) is 3.18. The molecule has 2 aromatic heterocycles. The molecule has 0 amide bonds. The predicted octanol–water partition coefficient (Wildman–Crippen LogP) is 4.41. The standard InChI is InChI=1S/C22H21N3O/c23-22-9-3-8-21(25-22)20-11-10-16(18-6-1-2-7-19(18)20)12-13-24-15-17-5-4-14-26-17/h1-11,14,24H,12-13,15H2,(H2,23,25). The first-order valence-corrected chi connectivity index (χ1v) is 8.78. The van der Waals surface area contributed by atoms with Gasteiger partial charge in [0.05, 0.1) is 18.5 Å². The summed E-state index contributed by atoms with van der Waals surface area (Å²) >= 11 is 0. The zero-order valence-electron chi connectivity index (χ0n) is 14.5. The van der Waals surface area contributed by atoms with Crippen LogP contribution in [-0.2, 0) is 13.0 Å². The normalized spacial score (nSPS) is 11.1. The molecule has 0 aliphatic heterocycles. The Morgan fingerprint density at radius 2 is 1.77 bits per heavy atom. The Bertz CT molecular complexity index is 1010. The molecule has 4 aromatic rings. The van der Waals surface area contributed by atoms with E-state index in [1.54, 1.807) is 6.26 Å². The summed E-state index contributed by atoms with van der Waals surface area (Å²) < 4.78 is 5.35. The molecule has 4 nitrogen and oxygen atoms in total. The van der Waals surface area contributed by atoms with Crippen LogP contribution in [0.3, 0.4) is 0 Å². The number of pyridine rings is 1. The van der Waals surface area contributed by atoms with Crippen LogP contribution in [0.2, 0.25) is 0 Å². The van der Waals surface area contributed by atoms with Crippen molar-refractivity contribution in [3.8, 4) is 11.3 Å². The summed E-state index contributed by atoms with van der Waals surface area (Å²) in [6.45, 7) is 1.64. The van der Waals surface area contributed by atoms with Crippen LogP contribution >= 0.6 is 0 Å². The van der Waals surface area contributed by atoms with Crippen molar-refractivity contribution in [2.45, 2.75) is 13.0 Å². The number of hydrogen-bond acceptors (Lipinski definition) is 4. The van der Waals surface area contributed by atoms with Crippen LogP contribution in [0.15, 0.2) is 77.4 Å². The van der Waals surface area contributed by atoms with Crippen molar-refractivity contribution in [3.63, 3.8) is 0 Å². The van der Waals surface area contributed by atoms with Crippen molar-refractivity contribution < 1.29 is 4.42 Å². The maximum atomic E-state index is 5.86. The van der Waals surface area contributed by atoms with E-state index < -0.39 is 0 Å². The molecule has 0 saturated carbocycles. The summed E-state index contributed by atoms with van der Waals surface area (Å²) in [6.07, 6.45) is 2.65. The molecule has 4 rings (SSSR count). The fourth-order valence-corrected chi connectivity index (χ4v) is 3.25. The van der Waals surface area contributed by atoms with Crippen molar-refractivity contribution in [1.29, 1.82) is 0 Å². The Labute approximate surface area is 152 Å². The van der Waals surface area contributed by atoms with E-state index >= 15 is 0 Å². The van der Waals surface area contributed by atoms with E-state index in [0.29, 0.717) is 5.82 Å². The molecule has 0 saturated heterocycles. The Morgan fingerprint density at radius 3 is 2.58 bits per heavy atom. The van der Waals surface area contributed by atoms with Crippen molar-refractivity contribution in [1.82, 2.24) is 10.3 Å². The number of hydrogen-bond donors (Lipinski definition) is 2. The van der Waals surface area contributed by atoms with Gasteiger partial charge < -0.3 is 15.5 Å². The van der Waals surface area contributed by atoms with Crippen LogP contribution in [0.5, 0.6) is 0 Å². The highest BCUT2D eigenvalue weighted by Crippen LogP contribution is 2.30. The van der Waals surface area contributed by atoms with Gasteiger partial charge in [-0.05, 0) is 53.6 Å². The number of nitrogens with two attached hydrogens (primary N) is 1. The third-order valence-corrected chi connectivity index (χ3v) is 4.51. The lowest BCUT2D eigenvalue weighted by atomic mass is 9.96. The molecule has 2 aromatic carbocycles. The van der Waals surface area contributed by atoms with Crippen molar-refractivity contribution in [2.75, 3.05) is 12.3 Å². The lowest BCUT2D eigenvalue weighted by molar-refractivity contribution is 0.484. The Kier molecular flexibility index (Phi) is 4.67. The molecule has 0 bridgehead atoms. The van der Waals surface area contributed by atoms with Crippen LogP contribution in [0.25, 0.3) is 22.0 Å². The molecule has 0 fully saturated rings. The molecule has 3 N–H and O–H groups in total. The highest BCUT2D eigenvalue weighted by atomic mass is 16.3. The summed E-state index contributed by atoms with van der Waals surface area (Å²) in [5, 5.41) is 5.89. The first kappa shape index (κ1) is 16.4. The van der Waals surface area contributed by atoms with Gasteiger partial charge in [-0.2, -0.15) is 0 Å². The predicted molar refractivity (Wildman–Crippen MR) is 106 cm³/mol. The highest BCUT2D eigenvalue weighted by Gasteiger charge is 2.09. The monoisotopic (exact) mass is 343 g/mol. The molecule has 2 heterocycles. The summed E-state index contributed by atoms with van der Waals surface area (Å²) in [7, 11) is 0. The van der Waals surface area contributed by atoms with E-state index in [9.17, 15) is 0 Å². The number of nitrogen functional groups attached to an aromatic ring is 1. The second-order valence-electron chi connectivity index (χ2n) is 6.27. The number of aromatic nitrogens is 1. The van der Waals surface area contributed by atoms with E-state index in [4.69, 9.17) is 10.2 Å². The minimum Gasteiger partial charge on any atom is -0.468 e. The lowest BCUT2D eigenvalue weighted by Gasteiger charge is -2.12. The van der Waals surface area contributed by atoms with Crippen molar-refractivity contribution in [3.05, 3.63) is 84.3 Å². The van der Waals surface area contributed by atoms with Gasteiger partial charge in [-0.3, -0.25) is 0 Å². The summed E-state index contributed by atoms with van der Waals surface area (Å²) in [5.41, 5.74) is 9.20. The Morgan fingerprint density at radius 1 is 0.885 bits per heavy atom. The lowest BCUT2D eigenvalue weighted by Crippen LogP contribution is -2.16. The maximum absolute atomic E-state index is 5.86. The summed E-state index contributed by atoms with van der Waals surface area (Å²) in [5.74, 6) is 1.50. The van der Waals surface area contributed by atoms with Crippen molar-refractivity contribution in [2.24, 2.45) is 0 Å². The van der Waals surface area contributed by atoms with E-state index in [-0.39, 0.29) is 0 Å². The van der Waals surface area contributed by atoms with Gasteiger partial charge in [0, 0.05) is 5.56 Å². The van der Waals surface area contributed by atoms with Crippen LogP contribution in [-0.4, -0.2) is 11.5 Å². The topological polar surface area (TPSA) is 64.1 Å². The SMILES string of the molecule is Nc1cccc(-c2ccc(CCNCc3ccco3)c3ccccc23)n1. The molecule has 0 aliphatic carbocycles. The minimum atomic E-state index is 0.540. The van der Waals surface area contributed by atoms with Gasteiger partial charge in [-0.25, -0.2) is 4.98 Å². The molecule has 0 unspecified atom stereocenters. The van der Waals surface area contributed by atoms with E-state index in [2.05, 4.69) is 46.7 Å². The fraction of sp³-hybridized carbons (Fsp3) is 0.136. The van der Waals surface area contributed by atoms with Crippen LogP contribution in [0.1, 0.15) is 11.3 Å². The van der Waals surface area contributed by atoms with Crippen LogP contribution in [0, 0.1) is 0 Å². The highest BCUT2D eigenvalue weighted by molar-refractivity contribution is 5.97. The number of benzene rings is 2. The Balaban J connectivity index is 1.58. The minimum absolute atomic E-state index is 0.540. The van der Waals surface area contributed by atoms with Gasteiger partial charge in [-0.1, -0.05) is 42.5 Å². The van der Waals surface area contributed by atoms with E-state index in [0.717, 1.165) is 36.5 Å². The molecular formula is C22H21N3O. The smallest absolute Gasteiger partial charge is 0.124 e. The zero-order valence-corrected chi connectivity index (χ0v) is 14.5. The molecule has 130 valence electrons. The number of nitrogens with one attached hydrogen (secondary N) is 1. The molecule has 0 atom stereocenters. The largest absolute Gasteiger partial charge is 0.468 e. The van der Waals surface area contributed by atoms with Gasteiger partial charge in [0.1, 0.15) is 11.6 Å². The first-order valence-electron chi connectivity index (χ1n) is 8.78. The zero-order chi connectivity index (χ0) is 17.8. The second kappa shape index (κ2) is 7.42.